The number of ether oxygens (including phenoxy) is 2. The molecule has 0 aliphatic heterocycles. The average Bonchev–Trinajstić information content (AvgIpc) is 2.98. The lowest BCUT2D eigenvalue weighted by Gasteiger charge is -2.10. The number of nitrogen functional groups attached to an aromatic ring is 2. The van der Waals surface area contributed by atoms with Crippen LogP contribution in [0.25, 0.3) is 0 Å². The monoisotopic (exact) mass is 531 g/mol. The molecule has 0 radical (unpaired) electrons. The molecule has 0 saturated carbocycles. The second-order valence-corrected chi connectivity index (χ2v) is 9.46. The Hall–Kier alpha value is -4.85. The van der Waals surface area contributed by atoms with Crippen LogP contribution in [0, 0.1) is 0 Å². The molecule has 4 aromatic carbocycles. The lowest BCUT2D eigenvalue weighted by atomic mass is 10.2. The van der Waals surface area contributed by atoms with Gasteiger partial charge >= 0.3 is 0 Å². The Kier molecular flexibility index (Phi) is 8.88. The summed E-state index contributed by atoms with van der Waals surface area (Å²) in [6.07, 6.45) is 0. The molecular weight excluding hydrogens is 498 g/mol. The molecule has 0 atom stereocenters. The van der Waals surface area contributed by atoms with Crippen LogP contribution in [-0.2, 0) is 26.2 Å². The Labute approximate surface area is 234 Å². The largest absolute Gasteiger partial charge is 0.457 e. The van der Waals surface area contributed by atoms with E-state index >= 15 is 0 Å². The highest BCUT2D eigenvalue weighted by Crippen LogP contribution is 2.23. The second-order valence-electron chi connectivity index (χ2n) is 9.46. The topological polar surface area (TPSA) is 107 Å². The number of benzene rings is 4. The van der Waals surface area contributed by atoms with Crippen LogP contribution >= 0.6 is 0 Å². The standard InChI is InChI=1S/C33H33N5O2/c34-26-8-16-32(17-9-26)39-30-12-4-24(5-13-30)20-36-22-28-2-1-3-29(38-28)23-37-21-25-6-14-31(15-7-25)40-33-18-10-27(35)11-19-33/h1-19,36-37H,20-23,34-35H2. The fourth-order valence-corrected chi connectivity index (χ4v) is 4.09. The molecule has 1 aromatic heterocycles. The van der Waals surface area contributed by atoms with Crippen molar-refractivity contribution in [2.45, 2.75) is 26.2 Å². The Morgan fingerprint density at radius 2 is 0.800 bits per heavy atom. The minimum Gasteiger partial charge on any atom is -0.457 e. The van der Waals surface area contributed by atoms with E-state index in [2.05, 4.69) is 34.9 Å². The zero-order valence-electron chi connectivity index (χ0n) is 22.2. The highest BCUT2D eigenvalue weighted by Gasteiger charge is 2.03. The molecule has 5 rings (SSSR count). The molecule has 0 spiro atoms. The smallest absolute Gasteiger partial charge is 0.127 e. The van der Waals surface area contributed by atoms with Gasteiger partial charge in [-0.15, -0.1) is 0 Å². The summed E-state index contributed by atoms with van der Waals surface area (Å²) in [6.45, 7) is 2.86. The van der Waals surface area contributed by atoms with E-state index in [4.69, 9.17) is 25.9 Å². The van der Waals surface area contributed by atoms with Gasteiger partial charge in [0.2, 0.25) is 0 Å². The molecule has 0 amide bonds. The molecule has 0 unspecified atom stereocenters. The molecule has 6 N–H and O–H groups in total. The Bertz CT molecular complexity index is 1370. The van der Waals surface area contributed by atoms with Crippen LogP contribution in [0.5, 0.6) is 23.0 Å². The van der Waals surface area contributed by atoms with Crippen molar-refractivity contribution in [3.05, 3.63) is 138 Å². The molecule has 0 bridgehead atoms. The highest BCUT2D eigenvalue weighted by atomic mass is 16.5. The summed E-state index contributed by atoms with van der Waals surface area (Å²) in [4.78, 5) is 4.79. The fourth-order valence-electron chi connectivity index (χ4n) is 4.09. The van der Waals surface area contributed by atoms with Gasteiger partial charge in [0.1, 0.15) is 23.0 Å². The first-order valence-electron chi connectivity index (χ1n) is 13.2. The number of rotatable bonds is 12. The van der Waals surface area contributed by atoms with Gasteiger partial charge in [-0.2, -0.15) is 0 Å². The van der Waals surface area contributed by atoms with Crippen LogP contribution in [0.15, 0.2) is 115 Å². The van der Waals surface area contributed by atoms with Gasteiger partial charge in [-0.25, -0.2) is 0 Å². The lowest BCUT2D eigenvalue weighted by molar-refractivity contribution is 0.482. The Balaban J connectivity index is 1.03. The summed E-state index contributed by atoms with van der Waals surface area (Å²) in [5.74, 6) is 3.10. The molecule has 0 saturated heterocycles. The number of pyridine rings is 1. The molecule has 1 heterocycles. The van der Waals surface area contributed by atoms with Crippen LogP contribution in [0.1, 0.15) is 22.5 Å². The number of nitrogens with zero attached hydrogens (tertiary/aromatic N) is 1. The SMILES string of the molecule is Nc1ccc(Oc2ccc(CNCc3cccc(CNCc4ccc(Oc5ccc(N)cc5)cc4)n3)cc2)cc1. The zero-order chi connectivity index (χ0) is 27.6. The summed E-state index contributed by atoms with van der Waals surface area (Å²) in [7, 11) is 0. The zero-order valence-corrected chi connectivity index (χ0v) is 22.2. The van der Waals surface area contributed by atoms with Crippen molar-refractivity contribution >= 4 is 11.4 Å². The van der Waals surface area contributed by atoms with E-state index < -0.39 is 0 Å². The summed E-state index contributed by atoms with van der Waals surface area (Å²) in [6, 6.07) is 37.0. The molecular formula is C33H33N5O2. The van der Waals surface area contributed by atoms with Gasteiger partial charge in [0, 0.05) is 37.6 Å². The number of nitrogens with two attached hydrogens (primary N) is 2. The maximum atomic E-state index is 5.87. The molecule has 40 heavy (non-hydrogen) atoms. The fraction of sp³-hybridized carbons (Fsp3) is 0.121. The summed E-state index contributed by atoms with van der Waals surface area (Å²) < 4.78 is 11.7. The average molecular weight is 532 g/mol. The van der Waals surface area contributed by atoms with Gasteiger partial charge in [0.15, 0.2) is 0 Å². The van der Waals surface area contributed by atoms with Crippen molar-refractivity contribution in [1.29, 1.82) is 0 Å². The van der Waals surface area contributed by atoms with Gasteiger partial charge in [-0.3, -0.25) is 4.98 Å². The first-order valence-corrected chi connectivity index (χ1v) is 13.2. The van der Waals surface area contributed by atoms with E-state index in [1.807, 2.05) is 91.0 Å². The first-order chi connectivity index (χ1) is 19.6. The van der Waals surface area contributed by atoms with Crippen molar-refractivity contribution in [2.75, 3.05) is 11.5 Å². The van der Waals surface area contributed by atoms with E-state index in [9.17, 15) is 0 Å². The van der Waals surface area contributed by atoms with E-state index in [1.54, 1.807) is 0 Å². The normalized spacial score (nSPS) is 10.8. The van der Waals surface area contributed by atoms with Crippen LogP contribution in [0.3, 0.4) is 0 Å². The van der Waals surface area contributed by atoms with E-state index in [-0.39, 0.29) is 0 Å². The molecule has 5 aromatic rings. The van der Waals surface area contributed by atoms with E-state index in [0.29, 0.717) is 24.5 Å². The predicted octanol–water partition coefficient (Wildman–Crippen LogP) is 6.41. The highest BCUT2D eigenvalue weighted by molar-refractivity contribution is 5.44. The van der Waals surface area contributed by atoms with Crippen LogP contribution in [0.4, 0.5) is 11.4 Å². The molecule has 7 nitrogen and oxygen atoms in total. The second kappa shape index (κ2) is 13.3. The minimum absolute atomic E-state index is 0.687. The molecule has 0 aliphatic carbocycles. The number of hydrogen-bond acceptors (Lipinski definition) is 7. The molecule has 202 valence electrons. The summed E-state index contributed by atoms with van der Waals surface area (Å²) in [5.41, 5.74) is 17.3. The maximum Gasteiger partial charge on any atom is 0.127 e. The first kappa shape index (κ1) is 26.7. The number of anilines is 2. The maximum absolute atomic E-state index is 5.87. The van der Waals surface area contributed by atoms with Gasteiger partial charge in [0.25, 0.3) is 0 Å². The third kappa shape index (κ3) is 8.07. The van der Waals surface area contributed by atoms with Crippen LogP contribution < -0.4 is 31.6 Å². The number of hydrogen-bond donors (Lipinski definition) is 4. The van der Waals surface area contributed by atoms with Crippen molar-refractivity contribution < 1.29 is 9.47 Å². The van der Waals surface area contributed by atoms with Crippen LogP contribution in [0.2, 0.25) is 0 Å². The van der Waals surface area contributed by atoms with Gasteiger partial charge in [-0.05, 0) is 96.1 Å². The molecule has 0 fully saturated rings. The van der Waals surface area contributed by atoms with Crippen molar-refractivity contribution in [3.63, 3.8) is 0 Å². The molecule has 7 heteroatoms. The van der Waals surface area contributed by atoms with Crippen molar-refractivity contribution in [3.8, 4) is 23.0 Å². The third-order valence-corrected chi connectivity index (χ3v) is 6.21. The number of aromatic nitrogens is 1. The van der Waals surface area contributed by atoms with Gasteiger partial charge in [0.05, 0.1) is 11.4 Å². The molecule has 0 aliphatic rings. The summed E-state index contributed by atoms with van der Waals surface area (Å²) in [5, 5.41) is 6.94. The summed E-state index contributed by atoms with van der Waals surface area (Å²) >= 11 is 0. The van der Waals surface area contributed by atoms with Crippen LogP contribution in [-0.4, -0.2) is 4.98 Å². The number of nitrogens with one attached hydrogen (secondary N) is 2. The Morgan fingerprint density at radius 3 is 1.18 bits per heavy atom. The predicted molar refractivity (Wildman–Crippen MR) is 160 cm³/mol. The van der Waals surface area contributed by atoms with Crippen molar-refractivity contribution in [2.24, 2.45) is 0 Å². The van der Waals surface area contributed by atoms with Gasteiger partial charge in [-0.1, -0.05) is 30.3 Å². The van der Waals surface area contributed by atoms with E-state index in [0.717, 1.165) is 47.5 Å². The third-order valence-electron chi connectivity index (χ3n) is 6.21. The Morgan fingerprint density at radius 1 is 0.450 bits per heavy atom. The lowest BCUT2D eigenvalue weighted by Crippen LogP contribution is -2.16. The van der Waals surface area contributed by atoms with Crippen molar-refractivity contribution in [1.82, 2.24) is 15.6 Å². The van der Waals surface area contributed by atoms with E-state index in [1.165, 1.54) is 11.1 Å². The minimum atomic E-state index is 0.687. The van der Waals surface area contributed by atoms with Gasteiger partial charge < -0.3 is 31.6 Å². The quantitative estimate of drug-likeness (QED) is 0.138.